The highest BCUT2D eigenvalue weighted by Gasteiger charge is 2.41. The van der Waals surface area contributed by atoms with Crippen LogP contribution >= 0.6 is 0 Å². The minimum Gasteiger partial charge on any atom is -0.497 e. The zero-order valence-corrected chi connectivity index (χ0v) is 17.4. The highest BCUT2D eigenvalue weighted by Crippen LogP contribution is 2.38. The normalized spacial score (nSPS) is 19.1. The van der Waals surface area contributed by atoms with Crippen LogP contribution in [0.2, 0.25) is 0 Å². The Morgan fingerprint density at radius 1 is 1.28 bits per heavy atom. The van der Waals surface area contributed by atoms with Crippen molar-refractivity contribution in [2.45, 2.75) is 32.2 Å². The number of piperidine rings is 1. The van der Waals surface area contributed by atoms with Crippen LogP contribution in [-0.4, -0.2) is 53.8 Å². The summed E-state index contributed by atoms with van der Waals surface area (Å²) in [5.74, 6) is 0.651. The smallest absolute Gasteiger partial charge is 0.227 e. The lowest BCUT2D eigenvalue weighted by Gasteiger charge is -2.41. The van der Waals surface area contributed by atoms with Crippen LogP contribution in [0.3, 0.4) is 0 Å². The molecule has 0 N–H and O–H groups in total. The monoisotopic (exact) mass is 395 g/mol. The van der Waals surface area contributed by atoms with Gasteiger partial charge in [-0.05, 0) is 55.2 Å². The van der Waals surface area contributed by atoms with Crippen molar-refractivity contribution in [3.05, 3.63) is 59.9 Å². The third kappa shape index (κ3) is 4.75. The van der Waals surface area contributed by atoms with Gasteiger partial charge in [0.15, 0.2) is 0 Å². The summed E-state index contributed by atoms with van der Waals surface area (Å²) in [4.78, 5) is 33.6. The van der Waals surface area contributed by atoms with Gasteiger partial charge in [-0.1, -0.05) is 12.1 Å². The molecule has 1 aromatic carbocycles. The maximum absolute atomic E-state index is 13.4. The van der Waals surface area contributed by atoms with Crippen molar-refractivity contribution in [2.24, 2.45) is 5.92 Å². The topological polar surface area (TPSA) is 62.7 Å². The molecule has 2 atom stereocenters. The highest BCUT2D eigenvalue weighted by atomic mass is 16.5. The first kappa shape index (κ1) is 20.8. The summed E-state index contributed by atoms with van der Waals surface area (Å²) >= 11 is 0. The molecular weight excluding hydrogens is 366 g/mol. The van der Waals surface area contributed by atoms with Crippen LogP contribution < -0.4 is 4.74 Å². The Balaban J connectivity index is 1.81. The third-order valence-electron chi connectivity index (χ3n) is 5.66. The molecule has 0 bridgehead atoms. The van der Waals surface area contributed by atoms with Crippen molar-refractivity contribution < 1.29 is 14.3 Å². The number of likely N-dealkylation sites (tertiary alicyclic amines) is 1. The second-order valence-electron chi connectivity index (χ2n) is 7.41. The van der Waals surface area contributed by atoms with Crippen molar-refractivity contribution in [1.29, 1.82) is 0 Å². The number of nitrogens with zero attached hydrogens (tertiary/aromatic N) is 3. The molecule has 2 amide bonds. The van der Waals surface area contributed by atoms with E-state index >= 15 is 0 Å². The number of likely N-dealkylation sites (N-methyl/N-ethyl adjacent to an activating group) is 1. The van der Waals surface area contributed by atoms with Gasteiger partial charge in [0.1, 0.15) is 5.75 Å². The molecule has 154 valence electrons. The molecule has 3 rings (SSSR count). The molecule has 0 spiro atoms. The molecule has 0 aliphatic carbocycles. The van der Waals surface area contributed by atoms with Crippen LogP contribution in [0.25, 0.3) is 0 Å². The number of benzene rings is 1. The van der Waals surface area contributed by atoms with Gasteiger partial charge in [-0.2, -0.15) is 0 Å². The summed E-state index contributed by atoms with van der Waals surface area (Å²) in [6.45, 7) is 3.17. The molecule has 0 saturated carbocycles. The van der Waals surface area contributed by atoms with Gasteiger partial charge in [-0.3, -0.25) is 14.6 Å². The molecule has 2 aromatic rings. The molecule has 1 fully saturated rings. The van der Waals surface area contributed by atoms with Crippen molar-refractivity contribution >= 4 is 11.8 Å². The van der Waals surface area contributed by atoms with Crippen LogP contribution in [0.1, 0.15) is 36.9 Å². The third-order valence-corrected chi connectivity index (χ3v) is 5.66. The Kier molecular flexibility index (Phi) is 6.86. The van der Waals surface area contributed by atoms with E-state index < -0.39 is 0 Å². The van der Waals surface area contributed by atoms with Gasteiger partial charge in [-0.25, -0.2) is 0 Å². The summed E-state index contributed by atoms with van der Waals surface area (Å²) in [6.07, 6.45) is 5.28. The number of hydrogen-bond donors (Lipinski definition) is 0. The molecule has 1 saturated heterocycles. The first-order valence-electron chi connectivity index (χ1n) is 10.1. The number of methoxy groups -OCH3 is 1. The highest BCUT2D eigenvalue weighted by molar-refractivity contribution is 5.85. The Bertz CT molecular complexity index is 840. The molecule has 0 radical (unpaired) electrons. The fraction of sp³-hybridized carbons (Fsp3) is 0.435. The van der Waals surface area contributed by atoms with Crippen LogP contribution in [0.5, 0.6) is 5.75 Å². The molecule has 6 nitrogen and oxygen atoms in total. The van der Waals surface area contributed by atoms with Crippen molar-refractivity contribution in [1.82, 2.24) is 14.8 Å². The van der Waals surface area contributed by atoms with Crippen molar-refractivity contribution in [3.63, 3.8) is 0 Å². The van der Waals surface area contributed by atoms with E-state index in [-0.39, 0.29) is 23.8 Å². The quantitative estimate of drug-likeness (QED) is 0.723. The van der Waals surface area contributed by atoms with Gasteiger partial charge < -0.3 is 14.5 Å². The molecule has 1 aliphatic heterocycles. The number of rotatable bonds is 7. The van der Waals surface area contributed by atoms with Gasteiger partial charge in [-0.15, -0.1) is 0 Å². The summed E-state index contributed by atoms with van der Waals surface area (Å²) in [6, 6.07) is 11.4. The zero-order valence-electron chi connectivity index (χ0n) is 17.4. The summed E-state index contributed by atoms with van der Waals surface area (Å²) < 4.78 is 5.37. The average molecular weight is 396 g/mol. The molecule has 1 aliphatic rings. The molecule has 6 heteroatoms. The average Bonchev–Trinajstić information content (AvgIpc) is 2.77. The molecule has 29 heavy (non-hydrogen) atoms. The maximum Gasteiger partial charge on any atom is 0.227 e. The summed E-state index contributed by atoms with van der Waals surface area (Å²) in [7, 11) is 3.47. The molecular formula is C23H29N3O3. The van der Waals surface area contributed by atoms with Gasteiger partial charge in [0.05, 0.1) is 19.1 Å². The number of aromatic nitrogens is 1. The number of pyridine rings is 1. The van der Waals surface area contributed by atoms with Gasteiger partial charge in [0.2, 0.25) is 11.8 Å². The Morgan fingerprint density at radius 3 is 2.72 bits per heavy atom. The number of carbonyl (C=O) groups excluding carboxylic acids is 2. The van der Waals surface area contributed by atoms with Crippen LogP contribution in [-0.2, 0) is 16.0 Å². The second-order valence-corrected chi connectivity index (χ2v) is 7.41. The standard InChI is InChI=1S/C23H29N3O3/c1-4-26-21(27)9-8-20(22(26)18-6-5-7-19(16-18)29-3)23(28)25(2)15-12-17-10-13-24-14-11-17/h5-7,10-11,13-14,16,20,22H,4,8-9,12,15H2,1-3H3/t20-,22+/m1/s1. The first-order valence-corrected chi connectivity index (χ1v) is 10.1. The van der Waals surface area contributed by atoms with E-state index in [9.17, 15) is 9.59 Å². The SMILES string of the molecule is CCN1C(=O)CC[C@@H](C(=O)N(C)CCc2ccncc2)[C@@H]1c1cccc(OC)c1. The number of amides is 2. The molecule has 0 unspecified atom stereocenters. The lowest BCUT2D eigenvalue weighted by Crippen LogP contribution is -2.48. The van der Waals surface area contributed by atoms with E-state index in [0.717, 1.165) is 23.3 Å². The lowest BCUT2D eigenvalue weighted by molar-refractivity contribution is -0.147. The lowest BCUT2D eigenvalue weighted by atomic mass is 9.83. The summed E-state index contributed by atoms with van der Waals surface area (Å²) in [5.41, 5.74) is 2.10. The Morgan fingerprint density at radius 2 is 2.03 bits per heavy atom. The largest absolute Gasteiger partial charge is 0.497 e. The van der Waals surface area contributed by atoms with E-state index in [1.54, 1.807) is 24.4 Å². The molecule has 1 aromatic heterocycles. The van der Waals surface area contributed by atoms with Crippen LogP contribution in [0.15, 0.2) is 48.8 Å². The fourth-order valence-corrected chi connectivity index (χ4v) is 4.06. The fourth-order valence-electron chi connectivity index (χ4n) is 4.06. The van der Waals surface area contributed by atoms with Gasteiger partial charge >= 0.3 is 0 Å². The Labute approximate surface area is 172 Å². The van der Waals surface area contributed by atoms with E-state index in [1.165, 1.54) is 0 Å². The van der Waals surface area contributed by atoms with Crippen LogP contribution in [0.4, 0.5) is 0 Å². The molecule has 2 heterocycles. The van der Waals surface area contributed by atoms with Crippen LogP contribution in [0, 0.1) is 5.92 Å². The maximum atomic E-state index is 13.4. The van der Waals surface area contributed by atoms with E-state index in [0.29, 0.717) is 25.9 Å². The van der Waals surface area contributed by atoms with E-state index in [1.807, 2.05) is 55.3 Å². The zero-order chi connectivity index (χ0) is 20.8. The van der Waals surface area contributed by atoms with Gasteiger partial charge in [0, 0.05) is 39.0 Å². The number of ether oxygens (including phenoxy) is 1. The van der Waals surface area contributed by atoms with E-state index in [4.69, 9.17) is 4.74 Å². The van der Waals surface area contributed by atoms with Crippen molar-refractivity contribution in [2.75, 3.05) is 27.2 Å². The van der Waals surface area contributed by atoms with E-state index in [2.05, 4.69) is 4.98 Å². The number of carbonyl (C=O) groups is 2. The second kappa shape index (κ2) is 9.54. The predicted octanol–water partition coefficient (Wildman–Crippen LogP) is 3.09. The summed E-state index contributed by atoms with van der Waals surface area (Å²) in [5, 5.41) is 0. The minimum atomic E-state index is -0.271. The van der Waals surface area contributed by atoms with Crippen molar-refractivity contribution in [3.8, 4) is 5.75 Å². The van der Waals surface area contributed by atoms with Gasteiger partial charge in [0.25, 0.3) is 0 Å². The predicted molar refractivity (Wildman–Crippen MR) is 111 cm³/mol. The Hall–Kier alpha value is -2.89. The number of hydrogen-bond acceptors (Lipinski definition) is 4. The minimum absolute atomic E-state index is 0.0813. The first-order chi connectivity index (χ1) is 14.0.